The summed E-state index contributed by atoms with van der Waals surface area (Å²) in [7, 11) is 0. The number of nitrogens with zero attached hydrogens (tertiary/aromatic N) is 2. The number of benzene rings is 1. The normalized spacial score (nSPS) is 16.5. The van der Waals surface area contributed by atoms with Crippen LogP contribution < -0.4 is 11.1 Å². The van der Waals surface area contributed by atoms with Crippen LogP contribution in [0.2, 0.25) is 0 Å². The van der Waals surface area contributed by atoms with Gasteiger partial charge in [-0.25, -0.2) is 9.97 Å². The molecule has 0 atom stereocenters. The standard InChI is InChI=1S/C19H24N4O/c20-14-19(9-5-2-6-10-19)11-17(24)23-16-12-21-18(22-13-16)15-7-3-1-4-8-15/h1,3-4,7-8,12-13H,2,5-6,9-11,14,20H2,(H,23,24). The molecule has 1 aromatic heterocycles. The number of hydrogen-bond donors (Lipinski definition) is 2. The first-order valence-corrected chi connectivity index (χ1v) is 8.58. The molecule has 1 amide bonds. The molecule has 0 radical (unpaired) electrons. The van der Waals surface area contributed by atoms with Crippen LogP contribution >= 0.6 is 0 Å². The second kappa shape index (κ2) is 7.53. The maximum absolute atomic E-state index is 12.4. The van der Waals surface area contributed by atoms with E-state index < -0.39 is 0 Å². The van der Waals surface area contributed by atoms with Gasteiger partial charge in [0.25, 0.3) is 0 Å². The summed E-state index contributed by atoms with van der Waals surface area (Å²) in [5.74, 6) is 0.651. The van der Waals surface area contributed by atoms with Gasteiger partial charge in [0.2, 0.25) is 5.91 Å². The molecule has 1 aliphatic rings. The van der Waals surface area contributed by atoms with Crippen molar-refractivity contribution in [2.75, 3.05) is 11.9 Å². The van der Waals surface area contributed by atoms with Crippen LogP contribution in [0.25, 0.3) is 11.4 Å². The minimum Gasteiger partial charge on any atom is -0.330 e. The maximum atomic E-state index is 12.4. The van der Waals surface area contributed by atoms with Crippen LogP contribution in [-0.2, 0) is 4.79 Å². The summed E-state index contributed by atoms with van der Waals surface area (Å²) in [6.45, 7) is 0.573. The van der Waals surface area contributed by atoms with Crippen LogP contribution in [0.3, 0.4) is 0 Å². The van der Waals surface area contributed by atoms with Crippen LogP contribution in [0, 0.1) is 5.41 Å². The predicted molar refractivity (Wildman–Crippen MR) is 95.3 cm³/mol. The number of hydrogen-bond acceptors (Lipinski definition) is 4. The Morgan fingerprint density at radius 1 is 1.08 bits per heavy atom. The minimum absolute atomic E-state index is 0.00147. The Labute approximate surface area is 142 Å². The van der Waals surface area contributed by atoms with Gasteiger partial charge in [-0.3, -0.25) is 4.79 Å². The van der Waals surface area contributed by atoms with Crippen molar-refractivity contribution in [3.8, 4) is 11.4 Å². The molecule has 2 aromatic rings. The highest BCUT2D eigenvalue weighted by molar-refractivity contribution is 5.90. The van der Waals surface area contributed by atoms with Crippen LogP contribution in [0.15, 0.2) is 42.7 Å². The topological polar surface area (TPSA) is 80.9 Å². The van der Waals surface area contributed by atoms with Gasteiger partial charge in [-0.2, -0.15) is 0 Å². The molecule has 1 saturated carbocycles. The molecule has 3 N–H and O–H groups in total. The van der Waals surface area contributed by atoms with Crippen molar-refractivity contribution in [3.63, 3.8) is 0 Å². The summed E-state index contributed by atoms with van der Waals surface area (Å²) >= 11 is 0. The van der Waals surface area contributed by atoms with Crippen LogP contribution in [0.4, 0.5) is 5.69 Å². The lowest BCUT2D eigenvalue weighted by Gasteiger charge is -2.35. The fraction of sp³-hybridized carbons (Fsp3) is 0.421. The van der Waals surface area contributed by atoms with Gasteiger partial charge >= 0.3 is 0 Å². The Balaban J connectivity index is 1.62. The van der Waals surface area contributed by atoms with Gasteiger partial charge < -0.3 is 11.1 Å². The Morgan fingerprint density at radius 2 is 1.75 bits per heavy atom. The highest BCUT2D eigenvalue weighted by atomic mass is 16.1. The monoisotopic (exact) mass is 324 g/mol. The van der Waals surface area contributed by atoms with Crippen molar-refractivity contribution in [2.24, 2.45) is 11.1 Å². The second-order valence-electron chi connectivity index (χ2n) is 6.65. The van der Waals surface area contributed by atoms with Gasteiger partial charge in [0.05, 0.1) is 18.1 Å². The number of carbonyl (C=O) groups excluding carboxylic acids is 1. The molecule has 1 aliphatic carbocycles. The average molecular weight is 324 g/mol. The summed E-state index contributed by atoms with van der Waals surface area (Å²) in [5.41, 5.74) is 7.51. The van der Waals surface area contributed by atoms with E-state index in [4.69, 9.17) is 5.73 Å². The highest BCUT2D eigenvalue weighted by Crippen LogP contribution is 2.38. The zero-order valence-corrected chi connectivity index (χ0v) is 13.9. The summed E-state index contributed by atoms with van der Waals surface area (Å²) in [6, 6.07) is 9.77. The molecular weight excluding hydrogens is 300 g/mol. The van der Waals surface area contributed by atoms with Crippen molar-refractivity contribution in [1.29, 1.82) is 0 Å². The third-order valence-corrected chi connectivity index (χ3v) is 4.85. The van der Waals surface area contributed by atoms with Gasteiger partial charge in [0.1, 0.15) is 0 Å². The molecule has 0 unspecified atom stereocenters. The van der Waals surface area contributed by atoms with Crippen molar-refractivity contribution >= 4 is 11.6 Å². The summed E-state index contributed by atoms with van der Waals surface area (Å²) in [5, 5.41) is 2.91. The first-order chi connectivity index (χ1) is 11.7. The van der Waals surface area contributed by atoms with Crippen molar-refractivity contribution in [2.45, 2.75) is 38.5 Å². The Kier molecular flexibility index (Phi) is 5.20. The maximum Gasteiger partial charge on any atom is 0.225 e. The molecule has 1 fully saturated rings. The highest BCUT2D eigenvalue weighted by Gasteiger charge is 2.32. The molecule has 0 bridgehead atoms. The first-order valence-electron chi connectivity index (χ1n) is 8.58. The molecule has 5 nitrogen and oxygen atoms in total. The van der Waals surface area contributed by atoms with E-state index in [1.165, 1.54) is 19.3 Å². The molecule has 1 heterocycles. The summed E-state index contributed by atoms with van der Waals surface area (Å²) < 4.78 is 0. The molecule has 3 rings (SSSR count). The quantitative estimate of drug-likeness (QED) is 0.883. The number of amides is 1. The number of aromatic nitrogens is 2. The molecule has 0 aliphatic heterocycles. The predicted octanol–water partition coefficient (Wildman–Crippen LogP) is 3.38. The molecule has 126 valence electrons. The number of nitrogens with two attached hydrogens (primary N) is 1. The van der Waals surface area contributed by atoms with Gasteiger partial charge in [0.15, 0.2) is 5.82 Å². The van der Waals surface area contributed by atoms with E-state index in [1.54, 1.807) is 12.4 Å². The van der Waals surface area contributed by atoms with Gasteiger partial charge in [-0.05, 0) is 24.8 Å². The number of nitrogens with one attached hydrogen (secondary N) is 1. The lowest BCUT2D eigenvalue weighted by molar-refractivity contribution is -0.118. The fourth-order valence-electron chi connectivity index (χ4n) is 3.43. The summed E-state index contributed by atoms with van der Waals surface area (Å²) in [4.78, 5) is 21.0. The zero-order valence-electron chi connectivity index (χ0n) is 13.9. The molecule has 24 heavy (non-hydrogen) atoms. The second-order valence-corrected chi connectivity index (χ2v) is 6.65. The number of rotatable bonds is 5. The van der Waals surface area contributed by atoms with Crippen LogP contribution in [-0.4, -0.2) is 22.4 Å². The molecule has 1 aromatic carbocycles. The third-order valence-electron chi connectivity index (χ3n) is 4.85. The Hall–Kier alpha value is -2.27. The van der Waals surface area contributed by atoms with E-state index in [2.05, 4.69) is 15.3 Å². The molecular formula is C19H24N4O. The fourth-order valence-corrected chi connectivity index (χ4v) is 3.43. The lowest BCUT2D eigenvalue weighted by atomic mass is 9.71. The van der Waals surface area contributed by atoms with Gasteiger partial charge in [-0.15, -0.1) is 0 Å². The van der Waals surface area contributed by atoms with Crippen LogP contribution in [0.5, 0.6) is 0 Å². The lowest BCUT2D eigenvalue weighted by Crippen LogP contribution is -2.36. The Bertz CT molecular complexity index is 664. The van der Waals surface area contributed by atoms with E-state index in [9.17, 15) is 4.79 Å². The van der Waals surface area contributed by atoms with Crippen LogP contribution in [0.1, 0.15) is 38.5 Å². The van der Waals surface area contributed by atoms with Crippen molar-refractivity contribution < 1.29 is 4.79 Å². The minimum atomic E-state index is -0.0346. The van der Waals surface area contributed by atoms with E-state index in [-0.39, 0.29) is 11.3 Å². The van der Waals surface area contributed by atoms with Crippen molar-refractivity contribution in [3.05, 3.63) is 42.7 Å². The number of anilines is 1. The third kappa shape index (κ3) is 3.97. The molecule has 0 saturated heterocycles. The average Bonchev–Trinajstić information content (AvgIpc) is 2.64. The summed E-state index contributed by atoms with van der Waals surface area (Å²) in [6.07, 6.45) is 9.45. The zero-order chi connectivity index (χ0) is 16.8. The van der Waals surface area contributed by atoms with E-state index in [0.717, 1.165) is 18.4 Å². The number of carbonyl (C=O) groups is 1. The molecule has 5 heteroatoms. The van der Waals surface area contributed by atoms with E-state index >= 15 is 0 Å². The first kappa shape index (κ1) is 16.6. The van der Waals surface area contributed by atoms with Crippen molar-refractivity contribution in [1.82, 2.24) is 9.97 Å². The van der Waals surface area contributed by atoms with E-state index in [0.29, 0.717) is 24.5 Å². The largest absolute Gasteiger partial charge is 0.330 e. The van der Waals surface area contributed by atoms with Gasteiger partial charge in [0, 0.05) is 12.0 Å². The smallest absolute Gasteiger partial charge is 0.225 e. The van der Waals surface area contributed by atoms with E-state index in [1.807, 2.05) is 30.3 Å². The Morgan fingerprint density at radius 3 is 2.38 bits per heavy atom. The SMILES string of the molecule is NCC1(CC(=O)Nc2cnc(-c3ccccc3)nc2)CCCCC1. The molecule has 0 spiro atoms. The van der Waals surface area contributed by atoms with Gasteiger partial charge in [-0.1, -0.05) is 49.6 Å².